The van der Waals surface area contributed by atoms with Crippen LogP contribution >= 0.6 is 0 Å². The minimum atomic E-state index is -1.33. The molecule has 0 amide bonds. The van der Waals surface area contributed by atoms with Crippen LogP contribution < -0.4 is 0 Å². The van der Waals surface area contributed by atoms with Gasteiger partial charge in [0.1, 0.15) is 18.3 Å². The minimum absolute atomic E-state index is 0.0190. The predicted molar refractivity (Wildman–Crippen MR) is 162 cm³/mol. The number of aliphatic hydroxyl groups is 7. The zero-order valence-corrected chi connectivity index (χ0v) is 28.1. The van der Waals surface area contributed by atoms with Gasteiger partial charge in [-0.1, -0.05) is 27.7 Å². The van der Waals surface area contributed by atoms with Crippen LogP contribution in [0.15, 0.2) is 0 Å². The van der Waals surface area contributed by atoms with Crippen molar-refractivity contribution in [3.05, 3.63) is 0 Å². The van der Waals surface area contributed by atoms with E-state index in [1.165, 1.54) is 0 Å². The molecule has 0 radical (unpaired) electrons. The molecule has 258 valence electrons. The van der Waals surface area contributed by atoms with Crippen molar-refractivity contribution < 1.29 is 50.0 Å². The zero-order chi connectivity index (χ0) is 32.9. The van der Waals surface area contributed by atoms with Crippen LogP contribution in [0.1, 0.15) is 99.8 Å². The summed E-state index contributed by atoms with van der Waals surface area (Å²) in [7, 11) is 0. The molecule has 2 aliphatic heterocycles. The zero-order valence-electron chi connectivity index (χ0n) is 28.1. The Morgan fingerprint density at radius 1 is 0.756 bits per heavy atom. The van der Waals surface area contributed by atoms with E-state index in [1.807, 2.05) is 6.92 Å². The third-order valence-corrected chi connectivity index (χ3v) is 15.7. The van der Waals surface area contributed by atoms with Crippen molar-refractivity contribution in [1.29, 1.82) is 0 Å². The van der Waals surface area contributed by atoms with E-state index in [0.29, 0.717) is 25.2 Å². The van der Waals surface area contributed by atoms with Gasteiger partial charge in [0.25, 0.3) is 0 Å². The van der Waals surface area contributed by atoms with Gasteiger partial charge in [0, 0.05) is 16.7 Å². The average Bonchev–Trinajstić information content (AvgIpc) is 3.36. The molecule has 0 unspecified atom stereocenters. The first-order valence-electron chi connectivity index (χ1n) is 17.5. The summed E-state index contributed by atoms with van der Waals surface area (Å²) in [6.07, 6.45) is -1.90. The maximum Gasteiger partial charge on any atom is 0.186 e. The van der Waals surface area contributed by atoms with E-state index in [4.69, 9.17) is 14.2 Å². The molecule has 10 heteroatoms. The molecule has 7 aliphatic rings. The first-order chi connectivity index (χ1) is 20.7. The Labute approximate surface area is 267 Å². The van der Waals surface area contributed by atoms with E-state index in [-0.39, 0.29) is 41.0 Å². The highest BCUT2D eigenvalue weighted by Gasteiger charge is 2.86. The van der Waals surface area contributed by atoms with Crippen LogP contribution in [0.25, 0.3) is 0 Å². The van der Waals surface area contributed by atoms with Gasteiger partial charge in [-0.15, -0.1) is 0 Å². The Morgan fingerprint density at radius 3 is 2.07 bits per heavy atom. The second-order valence-corrected chi connectivity index (χ2v) is 18.2. The van der Waals surface area contributed by atoms with Crippen LogP contribution in [-0.4, -0.2) is 109 Å². The number of hydrogen-bond acceptors (Lipinski definition) is 10. The number of rotatable bonds is 4. The second-order valence-electron chi connectivity index (χ2n) is 18.2. The van der Waals surface area contributed by atoms with Crippen molar-refractivity contribution in [3.8, 4) is 0 Å². The molecule has 7 fully saturated rings. The summed E-state index contributed by atoms with van der Waals surface area (Å²) in [5, 5.41) is 77.9. The molecule has 2 spiro atoms. The van der Waals surface area contributed by atoms with Gasteiger partial charge < -0.3 is 50.0 Å². The number of fused-ring (bicyclic) bond motifs is 2. The summed E-state index contributed by atoms with van der Waals surface area (Å²) in [6.45, 7) is 14.1. The summed E-state index contributed by atoms with van der Waals surface area (Å²) >= 11 is 0. The van der Waals surface area contributed by atoms with Crippen molar-refractivity contribution in [2.45, 2.75) is 166 Å². The Morgan fingerprint density at radius 2 is 1.42 bits per heavy atom. The van der Waals surface area contributed by atoms with Crippen molar-refractivity contribution in [2.24, 2.45) is 44.8 Å². The topological polar surface area (TPSA) is 169 Å². The third kappa shape index (κ3) is 3.99. The van der Waals surface area contributed by atoms with Gasteiger partial charge in [0.2, 0.25) is 0 Å². The lowest BCUT2D eigenvalue weighted by Gasteiger charge is -2.65. The molecule has 10 nitrogen and oxygen atoms in total. The van der Waals surface area contributed by atoms with E-state index in [1.54, 1.807) is 13.8 Å². The van der Waals surface area contributed by atoms with Gasteiger partial charge in [-0.3, -0.25) is 0 Å². The van der Waals surface area contributed by atoms with Crippen molar-refractivity contribution in [1.82, 2.24) is 0 Å². The molecule has 5 aliphatic carbocycles. The van der Waals surface area contributed by atoms with Crippen LogP contribution in [0.2, 0.25) is 0 Å². The van der Waals surface area contributed by atoms with E-state index >= 15 is 0 Å². The largest absolute Gasteiger partial charge is 0.393 e. The fourth-order valence-corrected chi connectivity index (χ4v) is 13.4. The van der Waals surface area contributed by atoms with Gasteiger partial charge >= 0.3 is 0 Å². The third-order valence-electron chi connectivity index (χ3n) is 15.7. The molecule has 2 saturated heterocycles. The molecule has 7 N–H and O–H groups in total. The molecule has 7 rings (SSSR count). The Kier molecular flexibility index (Phi) is 7.25. The molecule has 17 atom stereocenters. The van der Waals surface area contributed by atoms with Crippen LogP contribution in [0, 0.1) is 44.8 Å². The van der Waals surface area contributed by atoms with Gasteiger partial charge in [-0.25, -0.2) is 0 Å². The maximum atomic E-state index is 12.4. The SMILES string of the molecule is CC(C)(O)[C@H]1CC[C@@](C)([C@@H]2[C@@H](O)[C@H](O)[C@]3(C)[C@H]4CC[C@@H]5C(C)(C)[C@H](O[C@H]6OC[C@@H](O)[C@@H](O)[C@H]6O)CC[C@]56C[C@]46C[C@H](O)[C@]23C)O1. The highest BCUT2D eigenvalue weighted by molar-refractivity contribution is 5.35. The van der Waals surface area contributed by atoms with Crippen molar-refractivity contribution in [2.75, 3.05) is 6.61 Å². The van der Waals surface area contributed by atoms with Crippen molar-refractivity contribution in [3.63, 3.8) is 0 Å². The summed E-state index contributed by atoms with van der Waals surface area (Å²) in [5.74, 6) is -0.0832. The quantitative estimate of drug-likeness (QED) is 0.226. The van der Waals surface area contributed by atoms with E-state index in [2.05, 4.69) is 27.7 Å². The monoisotopic (exact) mass is 638 g/mol. The van der Waals surface area contributed by atoms with Crippen LogP contribution in [-0.2, 0) is 14.2 Å². The molecule has 0 aromatic heterocycles. The van der Waals surface area contributed by atoms with E-state index in [0.717, 1.165) is 32.1 Å². The highest BCUT2D eigenvalue weighted by atomic mass is 16.7. The lowest BCUT2D eigenvalue weighted by atomic mass is 9.40. The molecular weight excluding hydrogens is 580 g/mol. The average molecular weight is 639 g/mol. The first kappa shape index (κ1) is 33.1. The molecule has 2 heterocycles. The number of aliphatic hydroxyl groups excluding tert-OH is 6. The fraction of sp³-hybridized carbons (Fsp3) is 1.00. The normalized spacial score (nSPS) is 60.4. The molecule has 0 aromatic rings. The highest BCUT2D eigenvalue weighted by Crippen LogP contribution is 2.89. The first-order valence-corrected chi connectivity index (χ1v) is 17.5. The van der Waals surface area contributed by atoms with Crippen LogP contribution in [0.3, 0.4) is 0 Å². The van der Waals surface area contributed by atoms with Gasteiger partial charge in [0.15, 0.2) is 6.29 Å². The van der Waals surface area contributed by atoms with E-state index < -0.39 is 70.9 Å². The van der Waals surface area contributed by atoms with Gasteiger partial charge in [-0.2, -0.15) is 0 Å². The predicted octanol–water partition coefficient (Wildman–Crippen LogP) is 1.87. The van der Waals surface area contributed by atoms with Gasteiger partial charge in [-0.05, 0) is 100 Å². The molecule has 5 saturated carbocycles. The smallest absolute Gasteiger partial charge is 0.186 e. The van der Waals surface area contributed by atoms with Crippen LogP contribution in [0.4, 0.5) is 0 Å². The Bertz CT molecular complexity index is 1190. The minimum Gasteiger partial charge on any atom is -0.393 e. The van der Waals surface area contributed by atoms with Crippen molar-refractivity contribution >= 4 is 0 Å². The lowest BCUT2D eigenvalue weighted by Crippen LogP contribution is -2.65. The fourth-order valence-electron chi connectivity index (χ4n) is 13.4. The maximum absolute atomic E-state index is 12.4. The number of hydrogen-bond donors (Lipinski definition) is 7. The summed E-state index contributed by atoms with van der Waals surface area (Å²) in [4.78, 5) is 0. The standard InChI is InChI=1S/C35H58O10/c1-29(2)18-8-9-19-32(6)27(41)25(40)26(31(5)12-10-22(45-31)30(3,4)42)33(32,7)20(37)14-35(19)16-34(18,35)13-11-21(29)44-28-24(39)23(38)17(36)15-43-28/h17-28,36-42H,8-16H2,1-7H3/t17-,18-,19-,20+,21-,22-,23-,24-,25-,26+,27+,28-,31+,32+,33-,34+,35-/m1/s1. The molecule has 45 heavy (non-hydrogen) atoms. The molecule has 0 bridgehead atoms. The molecule has 0 aromatic carbocycles. The Hall–Kier alpha value is -0.400. The molecular formula is C35H58O10. The van der Waals surface area contributed by atoms with Gasteiger partial charge in [0.05, 0.1) is 48.3 Å². The van der Waals surface area contributed by atoms with Crippen LogP contribution in [0.5, 0.6) is 0 Å². The summed E-state index contributed by atoms with van der Waals surface area (Å²) in [5.41, 5.74) is -3.82. The van der Waals surface area contributed by atoms with E-state index in [9.17, 15) is 35.7 Å². The second kappa shape index (κ2) is 9.86. The summed E-state index contributed by atoms with van der Waals surface area (Å²) in [6, 6.07) is 0. The Balaban J connectivity index is 1.18. The number of ether oxygens (including phenoxy) is 3. The lowest BCUT2D eigenvalue weighted by molar-refractivity contribution is -0.304. The summed E-state index contributed by atoms with van der Waals surface area (Å²) < 4.78 is 18.6.